The van der Waals surface area contributed by atoms with Gasteiger partial charge in [0.1, 0.15) is 5.82 Å². The van der Waals surface area contributed by atoms with Crippen molar-refractivity contribution in [1.29, 1.82) is 0 Å². The number of hydrogen-bond donors (Lipinski definition) is 2. The molecule has 0 amide bonds. The highest BCUT2D eigenvalue weighted by atomic mass is 16.4. The highest BCUT2D eigenvalue weighted by Crippen LogP contribution is 2.24. The smallest absolute Gasteiger partial charge is 0.337 e. The molecule has 3 N–H and O–H groups in total. The van der Waals surface area contributed by atoms with E-state index < -0.39 is 5.97 Å². The van der Waals surface area contributed by atoms with Crippen LogP contribution < -0.4 is 5.73 Å². The minimum absolute atomic E-state index is 0.132. The van der Waals surface area contributed by atoms with Gasteiger partial charge in [-0.3, -0.25) is 0 Å². The summed E-state index contributed by atoms with van der Waals surface area (Å²) in [7, 11) is 0. The van der Waals surface area contributed by atoms with Crippen molar-refractivity contribution in [2.45, 2.75) is 0 Å². The normalized spacial score (nSPS) is 10.0. The minimum atomic E-state index is -1.01. The number of hydrogen-bond acceptors (Lipinski definition) is 3. The van der Waals surface area contributed by atoms with Gasteiger partial charge in [0.05, 0.1) is 5.56 Å². The molecule has 1 heterocycles. The standard InChI is InChI=1S/C12H10N2O2/c13-11-10(8-4-2-1-3-5-8)6-9(7-14-11)12(15)16/h1-7H,(H2,13,14)(H,15,16). The fourth-order valence-electron chi connectivity index (χ4n) is 1.44. The van der Waals surface area contributed by atoms with Crippen molar-refractivity contribution in [3.05, 3.63) is 48.2 Å². The second kappa shape index (κ2) is 4.02. The lowest BCUT2D eigenvalue weighted by molar-refractivity contribution is 0.0696. The molecule has 2 rings (SSSR count). The quantitative estimate of drug-likeness (QED) is 0.801. The number of pyridine rings is 1. The molecule has 0 fully saturated rings. The van der Waals surface area contributed by atoms with Gasteiger partial charge in [0.15, 0.2) is 0 Å². The Hall–Kier alpha value is -2.36. The third-order valence-corrected chi connectivity index (χ3v) is 2.25. The zero-order valence-electron chi connectivity index (χ0n) is 8.42. The first-order valence-electron chi connectivity index (χ1n) is 4.72. The molecule has 0 spiro atoms. The summed E-state index contributed by atoms with van der Waals surface area (Å²) in [5, 5.41) is 8.87. The number of carbonyl (C=O) groups is 1. The molecule has 4 heteroatoms. The van der Waals surface area contributed by atoms with Crippen LogP contribution in [0, 0.1) is 0 Å². The Kier molecular flexibility index (Phi) is 2.55. The number of anilines is 1. The summed E-state index contributed by atoms with van der Waals surface area (Å²) in [6.45, 7) is 0. The van der Waals surface area contributed by atoms with Crippen molar-refractivity contribution in [3.63, 3.8) is 0 Å². The SMILES string of the molecule is Nc1ncc(C(=O)O)cc1-c1ccccc1. The number of benzene rings is 1. The monoisotopic (exact) mass is 214 g/mol. The number of carboxylic acid groups (broad SMARTS) is 1. The van der Waals surface area contributed by atoms with E-state index in [-0.39, 0.29) is 5.56 Å². The van der Waals surface area contributed by atoms with E-state index in [1.807, 2.05) is 30.3 Å². The molecule has 80 valence electrons. The highest BCUT2D eigenvalue weighted by Gasteiger charge is 2.09. The molecule has 0 saturated carbocycles. The lowest BCUT2D eigenvalue weighted by Gasteiger charge is -2.05. The van der Waals surface area contributed by atoms with Crippen molar-refractivity contribution >= 4 is 11.8 Å². The Bertz CT molecular complexity index is 524. The topological polar surface area (TPSA) is 76.2 Å². The summed E-state index contributed by atoms with van der Waals surface area (Å²) in [6.07, 6.45) is 1.25. The number of carboxylic acids is 1. The van der Waals surface area contributed by atoms with Gasteiger partial charge in [-0.1, -0.05) is 30.3 Å². The third kappa shape index (κ3) is 1.86. The van der Waals surface area contributed by atoms with E-state index in [1.165, 1.54) is 12.3 Å². The first kappa shape index (κ1) is 10.2. The summed E-state index contributed by atoms with van der Waals surface area (Å²) in [5.41, 5.74) is 7.35. The molecular weight excluding hydrogens is 204 g/mol. The van der Waals surface area contributed by atoms with Crippen LogP contribution in [0.5, 0.6) is 0 Å². The molecule has 0 aliphatic rings. The summed E-state index contributed by atoms with van der Waals surface area (Å²) in [4.78, 5) is 14.7. The summed E-state index contributed by atoms with van der Waals surface area (Å²) >= 11 is 0. The molecule has 0 aliphatic carbocycles. The minimum Gasteiger partial charge on any atom is -0.478 e. The summed E-state index contributed by atoms with van der Waals surface area (Å²) in [5.74, 6) is -0.680. The average molecular weight is 214 g/mol. The number of rotatable bonds is 2. The van der Waals surface area contributed by atoms with Gasteiger partial charge in [0, 0.05) is 11.8 Å². The molecule has 0 bridgehead atoms. The first-order valence-corrected chi connectivity index (χ1v) is 4.72. The van der Waals surface area contributed by atoms with E-state index in [2.05, 4.69) is 4.98 Å². The van der Waals surface area contributed by atoms with Gasteiger partial charge in [-0.25, -0.2) is 9.78 Å². The fraction of sp³-hybridized carbons (Fsp3) is 0. The van der Waals surface area contributed by atoms with Crippen molar-refractivity contribution in [3.8, 4) is 11.1 Å². The van der Waals surface area contributed by atoms with Gasteiger partial charge in [-0.05, 0) is 11.6 Å². The van der Waals surface area contributed by atoms with Crippen LogP contribution in [0.4, 0.5) is 5.82 Å². The van der Waals surface area contributed by atoms with Crippen LogP contribution in [0.2, 0.25) is 0 Å². The number of nitrogens with zero attached hydrogens (tertiary/aromatic N) is 1. The van der Waals surface area contributed by atoms with Gasteiger partial charge < -0.3 is 10.8 Å². The van der Waals surface area contributed by atoms with E-state index in [1.54, 1.807) is 0 Å². The molecule has 4 nitrogen and oxygen atoms in total. The molecule has 0 unspecified atom stereocenters. The molecule has 0 aliphatic heterocycles. The van der Waals surface area contributed by atoms with Crippen LogP contribution in [0.25, 0.3) is 11.1 Å². The second-order valence-electron chi connectivity index (χ2n) is 3.33. The Morgan fingerprint density at radius 1 is 1.25 bits per heavy atom. The maximum absolute atomic E-state index is 10.8. The van der Waals surface area contributed by atoms with Gasteiger partial charge in [0.2, 0.25) is 0 Å². The van der Waals surface area contributed by atoms with E-state index in [4.69, 9.17) is 10.8 Å². The number of aromatic carboxylic acids is 1. The van der Waals surface area contributed by atoms with Crippen molar-refractivity contribution in [1.82, 2.24) is 4.98 Å². The molecule has 1 aromatic heterocycles. The number of nitrogen functional groups attached to an aromatic ring is 1. The zero-order valence-corrected chi connectivity index (χ0v) is 8.42. The molecule has 0 atom stereocenters. The Morgan fingerprint density at radius 2 is 1.94 bits per heavy atom. The first-order chi connectivity index (χ1) is 7.68. The maximum Gasteiger partial charge on any atom is 0.337 e. The molecule has 16 heavy (non-hydrogen) atoms. The third-order valence-electron chi connectivity index (χ3n) is 2.25. The maximum atomic E-state index is 10.8. The van der Waals surface area contributed by atoms with Gasteiger partial charge in [-0.15, -0.1) is 0 Å². The van der Waals surface area contributed by atoms with E-state index in [0.717, 1.165) is 5.56 Å². The van der Waals surface area contributed by atoms with E-state index >= 15 is 0 Å². The fourth-order valence-corrected chi connectivity index (χ4v) is 1.44. The van der Waals surface area contributed by atoms with E-state index in [9.17, 15) is 4.79 Å². The van der Waals surface area contributed by atoms with Crippen molar-refractivity contribution in [2.24, 2.45) is 0 Å². The molecular formula is C12H10N2O2. The molecule has 2 aromatic rings. The van der Waals surface area contributed by atoms with Crippen LogP contribution in [-0.4, -0.2) is 16.1 Å². The van der Waals surface area contributed by atoms with Gasteiger partial charge in [0.25, 0.3) is 0 Å². The largest absolute Gasteiger partial charge is 0.478 e. The molecule has 1 aromatic carbocycles. The summed E-state index contributed by atoms with van der Waals surface area (Å²) in [6, 6.07) is 10.9. The predicted octanol–water partition coefficient (Wildman–Crippen LogP) is 2.03. The van der Waals surface area contributed by atoms with Crippen LogP contribution in [0.3, 0.4) is 0 Å². The number of aromatic nitrogens is 1. The number of nitrogens with two attached hydrogens (primary N) is 1. The van der Waals surface area contributed by atoms with Gasteiger partial charge >= 0.3 is 5.97 Å². The van der Waals surface area contributed by atoms with Crippen LogP contribution in [-0.2, 0) is 0 Å². The van der Waals surface area contributed by atoms with E-state index in [0.29, 0.717) is 11.4 Å². The van der Waals surface area contributed by atoms with Gasteiger partial charge in [-0.2, -0.15) is 0 Å². The Labute approximate surface area is 92.4 Å². The highest BCUT2D eigenvalue weighted by molar-refractivity contribution is 5.90. The van der Waals surface area contributed by atoms with Crippen molar-refractivity contribution < 1.29 is 9.90 Å². The second-order valence-corrected chi connectivity index (χ2v) is 3.33. The lowest BCUT2D eigenvalue weighted by atomic mass is 10.1. The molecule has 0 saturated heterocycles. The Balaban J connectivity index is 2.56. The zero-order chi connectivity index (χ0) is 11.5. The Morgan fingerprint density at radius 3 is 2.56 bits per heavy atom. The predicted molar refractivity (Wildman–Crippen MR) is 61.0 cm³/mol. The summed E-state index contributed by atoms with van der Waals surface area (Å²) < 4.78 is 0. The van der Waals surface area contributed by atoms with Crippen molar-refractivity contribution in [2.75, 3.05) is 5.73 Å². The van der Waals surface area contributed by atoms with Crippen LogP contribution >= 0.6 is 0 Å². The van der Waals surface area contributed by atoms with Crippen LogP contribution in [0.15, 0.2) is 42.6 Å². The lowest BCUT2D eigenvalue weighted by Crippen LogP contribution is -2.01. The average Bonchev–Trinajstić information content (AvgIpc) is 2.30. The van der Waals surface area contributed by atoms with Crippen LogP contribution in [0.1, 0.15) is 10.4 Å². The molecule has 0 radical (unpaired) electrons.